The Morgan fingerprint density at radius 3 is 2.28 bits per heavy atom. The molecule has 0 aliphatic carbocycles. The minimum atomic E-state index is 0.718. The maximum absolute atomic E-state index is 8.74. The molecule has 0 unspecified atom stereocenters. The van der Waals surface area contributed by atoms with E-state index < -0.39 is 0 Å². The van der Waals surface area contributed by atoms with Crippen molar-refractivity contribution in [2.75, 3.05) is 18.5 Å². The monoisotopic (exact) mass is 236 g/mol. The van der Waals surface area contributed by atoms with Crippen molar-refractivity contribution in [3.8, 4) is 6.07 Å². The number of para-hydroxylation sites is 1. The first-order chi connectivity index (χ1) is 8.79. The average molecular weight is 236 g/mol. The van der Waals surface area contributed by atoms with Crippen LogP contribution in [0.3, 0.4) is 0 Å². The second-order valence-electron chi connectivity index (χ2n) is 4.32. The van der Waals surface area contributed by atoms with Gasteiger partial charge in [0.1, 0.15) is 0 Å². The zero-order valence-electron chi connectivity index (χ0n) is 10.5. The summed E-state index contributed by atoms with van der Waals surface area (Å²) in [5.74, 6) is 0. The van der Waals surface area contributed by atoms with E-state index in [0.717, 1.165) is 18.5 Å². The third kappa shape index (κ3) is 3.11. The van der Waals surface area contributed by atoms with Gasteiger partial charge in [-0.15, -0.1) is 0 Å². The number of likely N-dealkylation sites (N-methyl/N-ethyl adjacent to an activating group) is 1. The summed E-state index contributed by atoms with van der Waals surface area (Å²) in [6.07, 6.45) is 0.983. The summed E-state index contributed by atoms with van der Waals surface area (Å²) in [7, 11) is 2.10. The highest BCUT2D eigenvalue weighted by molar-refractivity contribution is 5.45. The first-order valence-electron chi connectivity index (χ1n) is 6.05. The van der Waals surface area contributed by atoms with Crippen LogP contribution in [0.25, 0.3) is 0 Å². The molecule has 2 nitrogen and oxygen atoms in total. The molecule has 90 valence electrons. The fourth-order valence-corrected chi connectivity index (χ4v) is 1.85. The van der Waals surface area contributed by atoms with Crippen LogP contribution in [0, 0.1) is 11.3 Å². The molecule has 0 radical (unpaired) electrons. The van der Waals surface area contributed by atoms with E-state index in [0.29, 0.717) is 0 Å². The fourth-order valence-electron chi connectivity index (χ4n) is 1.85. The SMILES string of the molecule is CN(CCc1ccc(C#N)cc1)c1ccccc1. The molecular formula is C16H16N2. The Balaban J connectivity index is 1.93. The second-order valence-corrected chi connectivity index (χ2v) is 4.32. The molecule has 2 rings (SSSR count). The van der Waals surface area contributed by atoms with E-state index in [-0.39, 0.29) is 0 Å². The molecule has 0 saturated carbocycles. The lowest BCUT2D eigenvalue weighted by Gasteiger charge is -2.19. The maximum atomic E-state index is 8.74. The number of nitrogens with zero attached hydrogens (tertiary/aromatic N) is 2. The fraction of sp³-hybridized carbons (Fsp3) is 0.188. The van der Waals surface area contributed by atoms with Crippen LogP contribution in [-0.4, -0.2) is 13.6 Å². The van der Waals surface area contributed by atoms with Crippen LogP contribution >= 0.6 is 0 Å². The van der Waals surface area contributed by atoms with E-state index in [1.54, 1.807) is 0 Å². The highest BCUT2D eigenvalue weighted by atomic mass is 15.1. The van der Waals surface area contributed by atoms with Gasteiger partial charge in [0.2, 0.25) is 0 Å². The Hall–Kier alpha value is -2.27. The molecule has 0 fully saturated rings. The molecule has 0 saturated heterocycles. The Bertz CT molecular complexity index is 523. The molecule has 0 heterocycles. The van der Waals surface area contributed by atoms with Gasteiger partial charge in [0.25, 0.3) is 0 Å². The van der Waals surface area contributed by atoms with Crippen molar-refractivity contribution in [3.63, 3.8) is 0 Å². The summed E-state index contributed by atoms with van der Waals surface area (Å²) >= 11 is 0. The number of benzene rings is 2. The Morgan fingerprint density at radius 1 is 1.00 bits per heavy atom. The van der Waals surface area contributed by atoms with Crippen molar-refractivity contribution in [2.24, 2.45) is 0 Å². The van der Waals surface area contributed by atoms with Gasteiger partial charge in [-0.05, 0) is 36.2 Å². The van der Waals surface area contributed by atoms with Crippen LogP contribution in [0.1, 0.15) is 11.1 Å². The summed E-state index contributed by atoms with van der Waals surface area (Å²) in [5.41, 5.74) is 3.21. The molecule has 0 aromatic heterocycles. The van der Waals surface area contributed by atoms with Crippen LogP contribution in [-0.2, 0) is 6.42 Å². The molecule has 2 aromatic rings. The third-order valence-corrected chi connectivity index (χ3v) is 3.02. The smallest absolute Gasteiger partial charge is 0.0991 e. The Morgan fingerprint density at radius 2 is 1.67 bits per heavy atom. The van der Waals surface area contributed by atoms with Crippen molar-refractivity contribution < 1.29 is 0 Å². The average Bonchev–Trinajstić information content (AvgIpc) is 2.46. The van der Waals surface area contributed by atoms with E-state index in [4.69, 9.17) is 5.26 Å². The predicted octanol–water partition coefficient (Wildman–Crippen LogP) is 3.24. The maximum Gasteiger partial charge on any atom is 0.0991 e. The number of nitriles is 1. The predicted molar refractivity (Wildman–Crippen MR) is 74.6 cm³/mol. The van der Waals surface area contributed by atoms with Crippen LogP contribution in [0.15, 0.2) is 54.6 Å². The second kappa shape index (κ2) is 5.88. The molecule has 0 N–H and O–H groups in total. The molecular weight excluding hydrogens is 220 g/mol. The van der Waals surface area contributed by atoms with Gasteiger partial charge in [-0.25, -0.2) is 0 Å². The molecule has 2 heteroatoms. The summed E-state index contributed by atoms with van der Waals surface area (Å²) in [4.78, 5) is 2.23. The van der Waals surface area contributed by atoms with Crippen molar-refractivity contribution in [2.45, 2.75) is 6.42 Å². The number of rotatable bonds is 4. The van der Waals surface area contributed by atoms with Crippen LogP contribution in [0.4, 0.5) is 5.69 Å². The van der Waals surface area contributed by atoms with Crippen LogP contribution < -0.4 is 4.90 Å². The van der Waals surface area contributed by atoms with E-state index in [1.807, 2.05) is 42.5 Å². The highest BCUT2D eigenvalue weighted by Gasteiger charge is 2.00. The lowest BCUT2D eigenvalue weighted by molar-refractivity contribution is 0.877. The standard InChI is InChI=1S/C16H16N2/c1-18(16-5-3-2-4-6-16)12-11-14-7-9-15(13-17)10-8-14/h2-10H,11-12H2,1H3. The first-order valence-corrected chi connectivity index (χ1v) is 6.05. The third-order valence-electron chi connectivity index (χ3n) is 3.02. The summed E-state index contributed by atoms with van der Waals surface area (Å²) in [6.45, 7) is 0.968. The minimum Gasteiger partial charge on any atom is -0.374 e. The van der Waals surface area contributed by atoms with Gasteiger partial charge in [0.15, 0.2) is 0 Å². The quantitative estimate of drug-likeness (QED) is 0.815. The van der Waals surface area contributed by atoms with Gasteiger partial charge in [-0.2, -0.15) is 5.26 Å². The zero-order valence-corrected chi connectivity index (χ0v) is 10.5. The van der Waals surface area contributed by atoms with Crippen molar-refractivity contribution in [3.05, 3.63) is 65.7 Å². The minimum absolute atomic E-state index is 0.718. The van der Waals surface area contributed by atoms with Gasteiger partial charge < -0.3 is 4.90 Å². The first kappa shape index (κ1) is 12.2. The molecule has 0 aliphatic heterocycles. The van der Waals surface area contributed by atoms with Crippen LogP contribution in [0.2, 0.25) is 0 Å². The van der Waals surface area contributed by atoms with Gasteiger partial charge >= 0.3 is 0 Å². The van der Waals surface area contributed by atoms with Crippen molar-refractivity contribution >= 4 is 5.69 Å². The van der Waals surface area contributed by atoms with Crippen LogP contribution in [0.5, 0.6) is 0 Å². The lowest BCUT2D eigenvalue weighted by Crippen LogP contribution is -2.20. The topological polar surface area (TPSA) is 27.0 Å². The van der Waals surface area contributed by atoms with Crippen molar-refractivity contribution in [1.29, 1.82) is 5.26 Å². The van der Waals surface area contributed by atoms with Gasteiger partial charge in [-0.1, -0.05) is 30.3 Å². The largest absolute Gasteiger partial charge is 0.374 e. The number of anilines is 1. The zero-order chi connectivity index (χ0) is 12.8. The normalized spacial score (nSPS) is 9.78. The van der Waals surface area contributed by atoms with Crippen molar-refractivity contribution in [1.82, 2.24) is 0 Å². The molecule has 0 amide bonds. The van der Waals surface area contributed by atoms with E-state index in [2.05, 4.69) is 30.1 Å². The van der Waals surface area contributed by atoms with E-state index in [9.17, 15) is 0 Å². The van der Waals surface area contributed by atoms with Gasteiger partial charge in [-0.3, -0.25) is 0 Å². The molecule has 0 bridgehead atoms. The Labute approximate surface area is 108 Å². The Kier molecular flexibility index (Phi) is 3.98. The summed E-state index contributed by atoms with van der Waals surface area (Å²) in [6, 6.07) is 20.3. The highest BCUT2D eigenvalue weighted by Crippen LogP contribution is 2.12. The molecule has 18 heavy (non-hydrogen) atoms. The van der Waals surface area contributed by atoms with Gasteiger partial charge in [0.05, 0.1) is 11.6 Å². The number of hydrogen-bond donors (Lipinski definition) is 0. The molecule has 0 aliphatic rings. The lowest BCUT2D eigenvalue weighted by atomic mass is 10.1. The molecule has 2 aromatic carbocycles. The number of hydrogen-bond acceptors (Lipinski definition) is 2. The molecule has 0 spiro atoms. The summed E-state index contributed by atoms with van der Waals surface area (Å²) in [5, 5.41) is 8.74. The summed E-state index contributed by atoms with van der Waals surface area (Å²) < 4.78 is 0. The van der Waals surface area contributed by atoms with E-state index in [1.165, 1.54) is 11.3 Å². The van der Waals surface area contributed by atoms with E-state index >= 15 is 0 Å². The van der Waals surface area contributed by atoms with Gasteiger partial charge in [0, 0.05) is 19.3 Å². The molecule has 0 atom stereocenters.